The molecular weight excluding hydrogens is 260 g/mol. The monoisotopic (exact) mass is 280 g/mol. The van der Waals surface area contributed by atoms with Crippen LogP contribution in [0, 0.1) is 5.92 Å². The molecule has 0 saturated heterocycles. The van der Waals surface area contributed by atoms with E-state index in [1.54, 1.807) is 0 Å². The summed E-state index contributed by atoms with van der Waals surface area (Å²) in [6, 6.07) is -0.997. The standard InChI is InChI=1S/C10H20N2O5S/c1-4-18(16,17)11-6-9(13)12-8(10(14)15)5-7(2)3/h7-8,11H,4-6H2,1-3H3,(H,12,13)(H,14,15)/t8-/m1/s1. The number of carboxylic acid groups (broad SMARTS) is 1. The van der Waals surface area contributed by atoms with Gasteiger partial charge in [0, 0.05) is 0 Å². The van der Waals surface area contributed by atoms with Crippen LogP contribution in [0.2, 0.25) is 0 Å². The maximum atomic E-state index is 11.4. The highest BCUT2D eigenvalue weighted by Crippen LogP contribution is 2.04. The summed E-state index contributed by atoms with van der Waals surface area (Å²) in [4.78, 5) is 22.3. The molecule has 0 spiro atoms. The summed E-state index contributed by atoms with van der Waals surface area (Å²) in [6.45, 7) is 4.67. The molecule has 0 aromatic carbocycles. The number of amides is 1. The Bertz CT molecular complexity index is 391. The van der Waals surface area contributed by atoms with Gasteiger partial charge in [0.25, 0.3) is 0 Å². The molecule has 0 fully saturated rings. The van der Waals surface area contributed by atoms with E-state index >= 15 is 0 Å². The molecule has 0 aromatic heterocycles. The Kier molecular flexibility index (Phi) is 6.85. The van der Waals surface area contributed by atoms with Crippen molar-refractivity contribution >= 4 is 21.9 Å². The lowest BCUT2D eigenvalue weighted by Crippen LogP contribution is -2.46. The van der Waals surface area contributed by atoms with Gasteiger partial charge in [0.15, 0.2) is 0 Å². The summed E-state index contributed by atoms with van der Waals surface area (Å²) in [5, 5.41) is 11.2. The first-order valence-electron chi connectivity index (χ1n) is 5.67. The molecule has 106 valence electrons. The van der Waals surface area contributed by atoms with Gasteiger partial charge in [0.1, 0.15) is 6.04 Å². The third-order valence-corrected chi connectivity index (χ3v) is 3.52. The molecule has 0 bridgehead atoms. The van der Waals surface area contributed by atoms with Crippen molar-refractivity contribution in [3.63, 3.8) is 0 Å². The number of nitrogens with one attached hydrogen (secondary N) is 2. The van der Waals surface area contributed by atoms with Crippen LogP contribution >= 0.6 is 0 Å². The van der Waals surface area contributed by atoms with Crippen molar-refractivity contribution < 1.29 is 23.1 Å². The van der Waals surface area contributed by atoms with Crippen molar-refractivity contribution in [1.29, 1.82) is 0 Å². The van der Waals surface area contributed by atoms with E-state index in [0.717, 1.165) is 0 Å². The minimum absolute atomic E-state index is 0.110. The highest BCUT2D eigenvalue weighted by atomic mass is 32.2. The Morgan fingerprint density at radius 1 is 1.28 bits per heavy atom. The Hall–Kier alpha value is -1.15. The molecule has 0 aromatic rings. The molecule has 0 rings (SSSR count). The smallest absolute Gasteiger partial charge is 0.326 e. The fourth-order valence-electron chi connectivity index (χ4n) is 1.22. The molecule has 0 saturated carbocycles. The molecule has 3 N–H and O–H groups in total. The number of hydrogen-bond donors (Lipinski definition) is 3. The summed E-state index contributed by atoms with van der Waals surface area (Å²) in [7, 11) is -3.45. The topological polar surface area (TPSA) is 113 Å². The van der Waals surface area contributed by atoms with Gasteiger partial charge in [-0.2, -0.15) is 0 Å². The summed E-state index contributed by atoms with van der Waals surface area (Å²) >= 11 is 0. The van der Waals surface area contributed by atoms with E-state index in [1.165, 1.54) is 6.92 Å². The third kappa shape index (κ3) is 7.23. The first-order chi connectivity index (χ1) is 8.18. The molecule has 8 heteroatoms. The van der Waals surface area contributed by atoms with Gasteiger partial charge in [-0.3, -0.25) is 4.79 Å². The van der Waals surface area contributed by atoms with Crippen molar-refractivity contribution in [2.45, 2.75) is 33.2 Å². The predicted octanol–water partition coefficient (Wildman–Crippen LogP) is -0.459. The summed E-state index contributed by atoms with van der Waals surface area (Å²) < 4.78 is 24.3. The number of sulfonamides is 1. The van der Waals surface area contributed by atoms with Gasteiger partial charge in [-0.25, -0.2) is 17.9 Å². The van der Waals surface area contributed by atoms with Crippen LogP contribution in [0.1, 0.15) is 27.2 Å². The normalized spacial score (nSPS) is 13.3. The first kappa shape index (κ1) is 16.9. The molecule has 0 aliphatic heterocycles. The van der Waals surface area contributed by atoms with E-state index in [0.29, 0.717) is 6.42 Å². The van der Waals surface area contributed by atoms with E-state index in [2.05, 4.69) is 10.0 Å². The number of rotatable bonds is 8. The van der Waals surface area contributed by atoms with Gasteiger partial charge in [-0.05, 0) is 19.3 Å². The number of hydrogen-bond acceptors (Lipinski definition) is 4. The number of carbonyl (C=O) groups excluding carboxylic acids is 1. The van der Waals surface area contributed by atoms with Crippen molar-refractivity contribution in [1.82, 2.24) is 10.0 Å². The van der Waals surface area contributed by atoms with Gasteiger partial charge in [-0.15, -0.1) is 0 Å². The van der Waals surface area contributed by atoms with Crippen LogP contribution in [0.5, 0.6) is 0 Å². The van der Waals surface area contributed by atoms with E-state index in [-0.39, 0.29) is 11.7 Å². The lowest BCUT2D eigenvalue weighted by atomic mass is 10.0. The molecule has 1 atom stereocenters. The average molecular weight is 280 g/mol. The Balaban J connectivity index is 4.31. The summed E-state index contributed by atoms with van der Waals surface area (Å²) in [5.41, 5.74) is 0. The van der Waals surface area contributed by atoms with Gasteiger partial charge < -0.3 is 10.4 Å². The van der Waals surface area contributed by atoms with Crippen molar-refractivity contribution in [2.24, 2.45) is 5.92 Å². The van der Waals surface area contributed by atoms with Gasteiger partial charge in [0.05, 0.1) is 12.3 Å². The predicted molar refractivity (Wildman–Crippen MR) is 66.5 cm³/mol. The van der Waals surface area contributed by atoms with Crippen LogP contribution in [0.25, 0.3) is 0 Å². The maximum absolute atomic E-state index is 11.4. The second-order valence-corrected chi connectivity index (χ2v) is 6.41. The van der Waals surface area contributed by atoms with Crippen molar-refractivity contribution in [2.75, 3.05) is 12.3 Å². The van der Waals surface area contributed by atoms with Crippen molar-refractivity contribution in [3.8, 4) is 0 Å². The summed E-state index contributed by atoms with van der Waals surface area (Å²) in [6.07, 6.45) is 0.293. The lowest BCUT2D eigenvalue weighted by molar-refractivity contribution is -0.142. The second kappa shape index (κ2) is 7.32. The Labute approximate surface area is 107 Å². The van der Waals surface area contributed by atoms with Gasteiger partial charge in [-0.1, -0.05) is 13.8 Å². The minimum Gasteiger partial charge on any atom is -0.480 e. The fourth-order valence-corrected chi connectivity index (χ4v) is 1.77. The van der Waals surface area contributed by atoms with E-state index in [9.17, 15) is 18.0 Å². The number of aliphatic carboxylic acids is 1. The third-order valence-electron chi connectivity index (χ3n) is 2.17. The highest BCUT2D eigenvalue weighted by Gasteiger charge is 2.21. The molecule has 7 nitrogen and oxygen atoms in total. The maximum Gasteiger partial charge on any atom is 0.326 e. The van der Waals surface area contributed by atoms with Crippen LogP contribution in [-0.2, 0) is 19.6 Å². The zero-order chi connectivity index (χ0) is 14.3. The SMILES string of the molecule is CCS(=O)(=O)NCC(=O)N[C@H](CC(C)C)C(=O)O. The van der Waals surface area contributed by atoms with Crippen LogP contribution in [0.3, 0.4) is 0 Å². The zero-order valence-electron chi connectivity index (χ0n) is 10.8. The second-order valence-electron chi connectivity index (χ2n) is 4.31. The highest BCUT2D eigenvalue weighted by molar-refractivity contribution is 7.89. The van der Waals surface area contributed by atoms with Crippen molar-refractivity contribution in [3.05, 3.63) is 0 Å². The summed E-state index contributed by atoms with van der Waals surface area (Å²) in [5.74, 6) is -1.80. The molecule has 0 unspecified atom stereocenters. The van der Waals surface area contributed by atoms with Crippen LogP contribution in [0.4, 0.5) is 0 Å². The average Bonchev–Trinajstić information content (AvgIpc) is 2.25. The molecule has 1 amide bonds. The molecule has 0 heterocycles. The zero-order valence-corrected chi connectivity index (χ0v) is 11.6. The van der Waals surface area contributed by atoms with Crippen LogP contribution < -0.4 is 10.0 Å². The van der Waals surface area contributed by atoms with E-state index in [1.807, 2.05) is 13.8 Å². The molecule has 0 aliphatic carbocycles. The largest absolute Gasteiger partial charge is 0.480 e. The quantitative estimate of drug-likeness (QED) is 0.557. The fraction of sp³-hybridized carbons (Fsp3) is 0.800. The Morgan fingerprint density at radius 3 is 2.22 bits per heavy atom. The minimum atomic E-state index is -3.45. The van der Waals surface area contributed by atoms with E-state index < -0.39 is 34.5 Å². The molecular formula is C10H20N2O5S. The molecule has 0 aliphatic rings. The molecule has 0 radical (unpaired) electrons. The van der Waals surface area contributed by atoms with Crippen LogP contribution in [0.15, 0.2) is 0 Å². The Morgan fingerprint density at radius 2 is 1.83 bits per heavy atom. The number of carboxylic acids is 1. The van der Waals surface area contributed by atoms with Gasteiger partial charge in [0.2, 0.25) is 15.9 Å². The van der Waals surface area contributed by atoms with Crippen LogP contribution in [-0.4, -0.2) is 43.7 Å². The van der Waals surface area contributed by atoms with E-state index in [4.69, 9.17) is 5.11 Å². The lowest BCUT2D eigenvalue weighted by Gasteiger charge is -2.16. The molecule has 18 heavy (non-hydrogen) atoms. The number of carbonyl (C=O) groups is 2. The first-order valence-corrected chi connectivity index (χ1v) is 7.32. The van der Waals surface area contributed by atoms with Gasteiger partial charge >= 0.3 is 5.97 Å².